The molecule has 12 heavy (non-hydrogen) atoms. The smallest absolute Gasteiger partial charge is 0.404 e. The fourth-order valence-electron chi connectivity index (χ4n) is 1.66. The third-order valence-corrected chi connectivity index (χ3v) is 2.23. The van der Waals surface area contributed by atoms with Gasteiger partial charge < -0.3 is 15.2 Å². The van der Waals surface area contributed by atoms with E-state index >= 15 is 0 Å². The largest absolute Gasteiger partial charge is 0.465 e. The van der Waals surface area contributed by atoms with Crippen LogP contribution in [0.15, 0.2) is 0 Å². The van der Waals surface area contributed by atoms with Crippen LogP contribution in [0.1, 0.15) is 25.7 Å². The zero-order valence-corrected chi connectivity index (χ0v) is 6.82. The molecule has 0 radical (unpaired) electrons. The van der Waals surface area contributed by atoms with Gasteiger partial charge in [0.25, 0.3) is 0 Å². The Balaban J connectivity index is 2.35. The molecule has 1 amide bonds. The maximum Gasteiger partial charge on any atom is 0.404 e. The lowest BCUT2D eigenvalue weighted by molar-refractivity contribution is -0.112. The van der Waals surface area contributed by atoms with E-state index in [4.69, 9.17) is 5.11 Å². The van der Waals surface area contributed by atoms with Gasteiger partial charge in [-0.1, -0.05) is 6.42 Å². The third kappa shape index (κ3) is 2.53. The molecular weight excluding hydrogens is 158 g/mol. The van der Waals surface area contributed by atoms with Crippen molar-refractivity contribution in [2.45, 2.75) is 31.7 Å². The van der Waals surface area contributed by atoms with E-state index in [2.05, 4.69) is 5.32 Å². The molecule has 2 N–H and O–H groups in total. The minimum atomic E-state index is -0.994. The zero-order valence-electron chi connectivity index (χ0n) is 6.82. The summed E-state index contributed by atoms with van der Waals surface area (Å²) in [6.07, 6.45) is 3.30. The highest BCUT2D eigenvalue weighted by atomic mass is 16.4. The maximum absolute atomic E-state index is 10.4. The van der Waals surface area contributed by atoms with Gasteiger partial charge in [-0.15, -0.1) is 0 Å². The van der Waals surface area contributed by atoms with Gasteiger partial charge in [-0.25, -0.2) is 4.79 Å². The van der Waals surface area contributed by atoms with Crippen LogP contribution in [-0.2, 0) is 4.79 Å². The second-order valence-corrected chi connectivity index (χ2v) is 3.21. The lowest BCUT2D eigenvalue weighted by atomic mass is 9.87. The van der Waals surface area contributed by atoms with Crippen LogP contribution < -0.4 is 5.32 Å². The SMILES string of the molecule is O=CC1CCCC(NC(=O)O)C1. The van der Waals surface area contributed by atoms with Crippen LogP contribution in [0.3, 0.4) is 0 Å². The Labute approximate surface area is 71.0 Å². The summed E-state index contributed by atoms with van der Waals surface area (Å²) in [6.45, 7) is 0. The molecule has 4 heteroatoms. The van der Waals surface area contributed by atoms with E-state index < -0.39 is 6.09 Å². The van der Waals surface area contributed by atoms with Gasteiger partial charge in [-0.05, 0) is 19.3 Å². The normalized spacial score (nSPS) is 29.3. The van der Waals surface area contributed by atoms with Crippen LogP contribution >= 0.6 is 0 Å². The van der Waals surface area contributed by atoms with Gasteiger partial charge in [-0.2, -0.15) is 0 Å². The van der Waals surface area contributed by atoms with E-state index in [0.29, 0.717) is 6.42 Å². The fourth-order valence-corrected chi connectivity index (χ4v) is 1.66. The third-order valence-electron chi connectivity index (χ3n) is 2.23. The number of hydrogen-bond acceptors (Lipinski definition) is 2. The van der Waals surface area contributed by atoms with E-state index in [-0.39, 0.29) is 12.0 Å². The second kappa shape index (κ2) is 4.09. The van der Waals surface area contributed by atoms with E-state index in [0.717, 1.165) is 25.5 Å². The van der Waals surface area contributed by atoms with Crippen molar-refractivity contribution in [3.8, 4) is 0 Å². The molecular formula is C8H13NO3. The van der Waals surface area contributed by atoms with E-state index in [1.165, 1.54) is 0 Å². The van der Waals surface area contributed by atoms with Crippen molar-refractivity contribution >= 4 is 12.4 Å². The summed E-state index contributed by atoms with van der Waals surface area (Å²) in [4.78, 5) is 20.7. The zero-order chi connectivity index (χ0) is 8.97. The number of carbonyl (C=O) groups excluding carboxylic acids is 1. The molecule has 0 aromatic carbocycles. The molecule has 0 aromatic rings. The number of hydrogen-bond donors (Lipinski definition) is 2. The van der Waals surface area contributed by atoms with Crippen LogP contribution in [0.2, 0.25) is 0 Å². The summed E-state index contributed by atoms with van der Waals surface area (Å²) in [5.41, 5.74) is 0. The first kappa shape index (κ1) is 9.03. The summed E-state index contributed by atoms with van der Waals surface area (Å²) >= 11 is 0. The van der Waals surface area contributed by atoms with Gasteiger partial charge in [0.2, 0.25) is 0 Å². The molecule has 0 aliphatic heterocycles. The van der Waals surface area contributed by atoms with E-state index in [9.17, 15) is 9.59 Å². The summed E-state index contributed by atoms with van der Waals surface area (Å²) in [6, 6.07) is -0.0218. The van der Waals surface area contributed by atoms with Gasteiger partial charge in [0.15, 0.2) is 0 Å². The lowest BCUT2D eigenvalue weighted by Crippen LogP contribution is -2.37. The lowest BCUT2D eigenvalue weighted by Gasteiger charge is -2.25. The molecule has 1 fully saturated rings. The highest BCUT2D eigenvalue weighted by Gasteiger charge is 2.22. The van der Waals surface area contributed by atoms with Gasteiger partial charge in [0.05, 0.1) is 0 Å². The standard InChI is InChI=1S/C8H13NO3/c10-5-6-2-1-3-7(4-6)9-8(11)12/h5-7,9H,1-4H2,(H,11,12). The average Bonchev–Trinajstić information content (AvgIpc) is 2.03. The Morgan fingerprint density at radius 2 is 2.25 bits per heavy atom. The van der Waals surface area contributed by atoms with Crippen molar-refractivity contribution < 1.29 is 14.7 Å². The number of aldehydes is 1. The average molecular weight is 171 g/mol. The number of carboxylic acid groups (broad SMARTS) is 1. The Bertz CT molecular complexity index is 181. The molecule has 2 unspecified atom stereocenters. The molecule has 0 bridgehead atoms. The van der Waals surface area contributed by atoms with Crippen molar-refractivity contribution in [2.24, 2.45) is 5.92 Å². The van der Waals surface area contributed by atoms with Gasteiger partial charge in [0, 0.05) is 12.0 Å². The molecule has 0 saturated heterocycles. The van der Waals surface area contributed by atoms with Crippen LogP contribution in [-0.4, -0.2) is 23.5 Å². The van der Waals surface area contributed by atoms with E-state index in [1.807, 2.05) is 0 Å². The molecule has 1 saturated carbocycles. The highest BCUT2D eigenvalue weighted by Crippen LogP contribution is 2.22. The molecule has 2 atom stereocenters. The van der Waals surface area contributed by atoms with Crippen molar-refractivity contribution in [2.75, 3.05) is 0 Å². The maximum atomic E-state index is 10.4. The summed E-state index contributed by atoms with van der Waals surface area (Å²) in [5, 5.41) is 10.8. The first-order valence-corrected chi connectivity index (χ1v) is 4.17. The Morgan fingerprint density at radius 3 is 2.83 bits per heavy atom. The quantitative estimate of drug-likeness (QED) is 0.609. The Hall–Kier alpha value is -1.06. The number of carbonyl (C=O) groups is 2. The molecule has 1 rings (SSSR count). The minimum Gasteiger partial charge on any atom is -0.465 e. The van der Waals surface area contributed by atoms with Crippen LogP contribution in [0, 0.1) is 5.92 Å². The predicted octanol–water partition coefficient (Wildman–Crippen LogP) is 1.01. The second-order valence-electron chi connectivity index (χ2n) is 3.21. The van der Waals surface area contributed by atoms with Gasteiger partial charge >= 0.3 is 6.09 Å². The minimum absolute atomic E-state index is 0.0218. The highest BCUT2D eigenvalue weighted by molar-refractivity contribution is 5.65. The van der Waals surface area contributed by atoms with Crippen molar-refractivity contribution in [3.05, 3.63) is 0 Å². The number of rotatable bonds is 2. The molecule has 0 aromatic heterocycles. The summed E-state index contributed by atoms with van der Waals surface area (Å²) in [7, 11) is 0. The molecule has 0 heterocycles. The molecule has 1 aliphatic carbocycles. The first-order chi connectivity index (χ1) is 5.72. The topological polar surface area (TPSA) is 66.4 Å². The van der Waals surface area contributed by atoms with E-state index in [1.54, 1.807) is 0 Å². The summed E-state index contributed by atoms with van der Waals surface area (Å²) in [5.74, 6) is 0.0515. The van der Waals surface area contributed by atoms with Crippen molar-refractivity contribution in [1.82, 2.24) is 5.32 Å². The van der Waals surface area contributed by atoms with Crippen LogP contribution in [0.5, 0.6) is 0 Å². The monoisotopic (exact) mass is 171 g/mol. The van der Waals surface area contributed by atoms with Gasteiger partial charge in [0.1, 0.15) is 6.29 Å². The van der Waals surface area contributed by atoms with Crippen LogP contribution in [0.25, 0.3) is 0 Å². The van der Waals surface area contributed by atoms with Crippen LogP contribution in [0.4, 0.5) is 4.79 Å². The first-order valence-electron chi connectivity index (χ1n) is 4.17. The molecule has 1 aliphatic rings. The predicted molar refractivity (Wildman–Crippen MR) is 43.0 cm³/mol. The fraction of sp³-hybridized carbons (Fsp3) is 0.750. The summed E-state index contributed by atoms with van der Waals surface area (Å²) < 4.78 is 0. The molecule has 68 valence electrons. The van der Waals surface area contributed by atoms with Crippen molar-refractivity contribution in [3.63, 3.8) is 0 Å². The number of nitrogens with one attached hydrogen (secondary N) is 1. The molecule has 4 nitrogen and oxygen atoms in total. The molecule has 0 spiro atoms. The number of amides is 1. The van der Waals surface area contributed by atoms with Gasteiger partial charge in [-0.3, -0.25) is 0 Å². The van der Waals surface area contributed by atoms with Crippen molar-refractivity contribution in [1.29, 1.82) is 0 Å². The Kier molecular flexibility index (Phi) is 3.08. The Morgan fingerprint density at radius 1 is 1.50 bits per heavy atom.